The van der Waals surface area contributed by atoms with Crippen LogP contribution in [0.3, 0.4) is 0 Å². The number of rotatable bonds is 0. The predicted molar refractivity (Wildman–Crippen MR) is 51.0 cm³/mol. The Morgan fingerprint density at radius 3 is 3.00 bits per heavy atom. The maximum absolute atomic E-state index is 5.48. The Balaban J connectivity index is 2.92. The third-order valence-electron chi connectivity index (χ3n) is 1.89. The van der Waals surface area contributed by atoms with E-state index in [1.165, 1.54) is 0 Å². The molecule has 0 saturated carbocycles. The molecule has 64 valence electrons. The number of H-pyrrole nitrogens is 1. The quantitative estimate of drug-likeness (QED) is 0.578. The van der Waals surface area contributed by atoms with Crippen molar-refractivity contribution in [1.82, 2.24) is 15.0 Å². The van der Waals surface area contributed by atoms with Gasteiger partial charge in [0.1, 0.15) is 5.65 Å². The van der Waals surface area contributed by atoms with Crippen molar-refractivity contribution in [3.8, 4) is 12.3 Å². The molecule has 0 aliphatic rings. The highest BCUT2D eigenvalue weighted by Gasteiger charge is 2.07. The van der Waals surface area contributed by atoms with Gasteiger partial charge in [-0.15, -0.1) is 6.42 Å². The van der Waals surface area contributed by atoms with Gasteiger partial charge in [-0.2, -0.15) is 4.98 Å². The molecule has 4 nitrogen and oxygen atoms in total. The van der Waals surface area contributed by atoms with E-state index in [2.05, 4.69) is 20.9 Å². The molecule has 0 spiro atoms. The molecule has 2 heterocycles. The molecule has 0 aromatic carbocycles. The number of anilines is 1. The molecule has 2 aromatic heterocycles. The molecule has 0 bridgehead atoms. The van der Waals surface area contributed by atoms with E-state index in [1.54, 1.807) is 6.20 Å². The van der Waals surface area contributed by atoms with Crippen molar-refractivity contribution in [2.75, 3.05) is 5.73 Å². The fourth-order valence-electron chi connectivity index (χ4n) is 1.35. The van der Waals surface area contributed by atoms with E-state index < -0.39 is 0 Å². The Hall–Kier alpha value is -2.02. The molecule has 0 aliphatic heterocycles. The Morgan fingerprint density at radius 1 is 1.54 bits per heavy atom. The smallest absolute Gasteiger partial charge is 0.222 e. The van der Waals surface area contributed by atoms with Gasteiger partial charge >= 0.3 is 0 Å². The molecule has 0 saturated heterocycles. The maximum atomic E-state index is 5.48. The normalized spacial score (nSPS) is 10.2. The zero-order chi connectivity index (χ0) is 9.42. The van der Waals surface area contributed by atoms with Crippen LogP contribution in [0, 0.1) is 19.3 Å². The van der Waals surface area contributed by atoms with Gasteiger partial charge in [-0.1, -0.05) is 5.92 Å². The third kappa shape index (κ3) is 1.02. The van der Waals surface area contributed by atoms with E-state index in [0.29, 0.717) is 5.65 Å². The number of nitrogen functional groups attached to an aromatic ring is 1. The van der Waals surface area contributed by atoms with Crippen LogP contribution in [0.15, 0.2) is 6.20 Å². The average Bonchev–Trinajstić information content (AvgIpc) is 2.47. The second kappa shape index (κ2) is 2.49. The number of hydrogen-bond acceptors (Lipinski definition) is 3. The Kier molecular flexibility index (Phi) is 1.46. The van der Waals surface area contributed by atoms with Gasteiger partial charge in [-0.3, -0.25) is 0 Å². The first-order chi connectivity index (χ1) is 6.22. The number of aromatic amines is 1. The van der Waals surface area contributed by atoms with Crippen LogP contribution < -0.4 is 5.73 Å². The van der Waals surface area contributed by atoms with Gasteiger partial charge < -0.3 is 10.7 Å². The van der Waals surface area contributed by atoms with Crippen molar-refractivity contribution in [2.45, 2.75) is 6.92 Å². The van der Waals surface area contributed by atoms with Gasteiger partial charge in [0.2, 0.25) is 5.95 Å². The lowest BCUT2D eigenvalue weighted by atomic mass is 10.2. The van der Waals surface area contributed by atoms with E-state index >= 15 is 0 Å². The van der Waals surface area contributed by atoms with Gasteiger partial charge in [0.05, 0.1) is 16.6 Å². The Morgan fingerprint density at radius 2 is 2.31 bits per heavy atom. The monoisotopic (exact) mass is 172 g/mol. The van der Waals surface area contributed by atoms with Crippen LogP contribution in [0.25, 0.3) is 11.0 Å². The van der Waals surface area contributed by atoms with Gasteiger partial charge in [0.15, 0.2) is 0 Å². The summed E-state index contributed by atoms with van der Waals surface area (Å²) in [5, 5.41) is 0.872. The third-order valence-corrected chi connectivity index (χ3v) is 1.89. The minimum atomic E-state index is 0.260. The van der Waals surface area contributed by atoms with Gasteiger partial charge in [0, 0.05) is 6.20 Å². The topological polar surface area (TPSA) is 67.6 Å². The summed E-state index contributed by atoms with van der Waals surface area (Å²) in [5.41, 5.74) is 7.75. The van der Waals surface area contributed by atoms with Crippen LogP contribution >= 0.6 is 0 Å². The molecule has 0 atom stereocenters. The molecular weight excluding hydrogens is 164 g/mol. The van der Waals surface area contributed by atoms with Gasteiger partial charge in [0.25, 0.3) is 0 Å². The summed E-state index contributed by atoms with van der Waals surface area (Å²) in [6.07, 6.45) is 7.04. The predicted octanol–water partition coefficient (Wildman–Crippen LogP) is 0.830. The second-order valence-corrected chi connectivity index (χ2v) is 2.74. The fraction of sp³-hybridized carbons (Fsp3) is 0.111. The maximum Gasteiger partial charge on any atom is 0.222 e. The van der Waals surface area contributed by atoms with Crippen LogP contribution in [0.2, 0.25) is 0 Å². The molecule has 3 N–H and O–H groups in total. The zero-order valence-electron chi connectivity index (χ0n) is 7.13. The summed E-state index contributed by atoms with van der Waals surface area (Å²) in [5.74, 6) is 2.82. The summed E-state index contributed by atoms with van der Waals surface area (Å²) >= 11 is 0. The van der Waals surface area contributed by atoms with E-state index in [4.69, 9.17) is 12.2 Å². The first kappa shape index (κ1) is 7.62. The van der Waals surface area contributed by atoms with Crippen LogP contribution in [0.5, 0.6) is 0 Å². The number of fused-ring (bicyclic) bond motifs is 1. The van der Waals surface area contributed by atoms with Crippen LogP contribution in [-0.4, -0.2) is 15.0 Å². The summed E-state index contributed by atoms with van der Waals surface area (Å²) in [7, 11) is 0. The second-order valence-electron chi connectivity index (χ2n) is 2.74. The fourth-order valence-corrected chi connectivity index (χ4v) is 1.35. The van der Waals surface area contributed by atoms with Gasteiger partial charge in [-0.25, -0.2) is 4.98 Å². The molecule has 0 unspecified atom stereocenters. The molecule has 4 heteroatoms. The molecular formula is C9H8N4. The minimum Gasteiger partial charge on any atom is -0.368 e. The van der Waals surface area contributed by atoms with Crippen LogP contribution in [0.1, 0.15) is 11.3 Å². The van der Waals surface area contributed by atoms with Crippen LogP contribution in [-0.2, 0) is 0 Å². The number of nitrogens with two attached hydrogens (primary N) is 1. The van der Waals surface area contributed by atoms with Crippen molar-refractivity contribution in [1.29, 1.82) is 0 Å². The summed E-state index contributed by atoms with van der Waals surface area (Å²) in [4.78, 5) is 11.0. The first-order valence-corrected chi connectivity index (χ1v) is 3.80. The number of aromatic nitrogens is 3. The highest BCUT2D eigenvalue weighted by atomic mass is 15.0. The number of nitrogens with zero attached hydrogens (tertiary/aromatic N) is 2. The number of aryl methyl sites for hydroxylation is 1. The summed E-state index contributed by atoms with van der Waals surface area (Å²) in [6.45, 7) is 1.86. The zero-order valence-corrected chi connectivity index (χ0v) is 7.13. The largest absolute Gasteiger partial charge is 0.368 e. The Labute approximate surface area is 75.2 Å². The van der Waals surface area contributed by atoms with E-state index in [9.17, 15) is 0 Å². The molecule has 2 rings (SSSR count). The summed E-state index contributed by atoms with van der Waals surface area (Å²) in [6, 6.07) is 0. The number of terminal acetylenes is 1. The molecule has 0 fully saturated rings. The molecule has 0 radical (unpaired) electrons. The van der Waals surface area contributed by atoms with E-state index in [0.717, 1.165) is 16.6 Å². The lowest BCUT2D eigenvalue weighted by Crippen LogP contribution is -1.97. The average molecular weight is 172 g/mol. The number of hydrogen-bond donors (Lipinski definition) is 2. The highest BCUT2D eigenvalue weighted by molar-refractivity contribution is 5.85. The van der Waals surface area contributed by atoms with E-state index in [1.807, 2.05) is 6.92 Å². The minimum absolute atomic E-state index is 0.260. The van der Waals surface area contributed by atoms with E-state index in [-0.39, 0.29) is 5.95 Å². The van der Waals surface area contributed by atoms with Crippen LogP contribution in [0.4, 0.5) is 5.95 Å². The number of nitrogens with one attached hydrogen (secondary N) is 1. The SMILES string of the molecule is C#Cc1c[nH]c2nc(N)nc(C)c12. The highest BCUT2D eigenvalue weighted by Crippen LogP contribution is 2.18. The molecule has 2 aromatic rings. The van der Waals surface area contributed by atoms with Gasteiger partial charge in [-0.05, 0) is 6.92 Å². The lowest BCUT2D eigenvalue weighted by Gasteiger charge is -1.97. The first-order valence-electron chi connectivity index (χ1n) is 3.80. The lowest BCUT2D eigenvalue weighted by molar-refractivity contribution is 1.16. The molecule has 0 aliphatic carbocycles. The Bertz CT molecular complexity index is 504. The molecule has 0 amide bonds. The standard InChI is InChI=1S/C9H8N4/c1-3-6-4-11-8-7(6)5(2)12-9(10)13-8/h1,4H,2H3,(H3,10,11,12,13). The van der Waals surface area contributed by atoms with Crippen molar-refractivity contribution in [3.05, 3.63) is 17.5 Å². The van der Waals surface area contributed by atoms with Crippen molar-refractivity contribution in [2.24, 2.45) is 0 Å². The summed E-state index contributed by atoms with van der Waals surface area (Å²) < 4.78 is 0. The molecule has 13 heavy (non-hydrogen) atoms. The van der Waals surface area contributed by atoms with Crippen molar-refractivity contribution >= 4 is 17.0 Å². The van der Waals surface area contributed by atoms with Crippen molar-refractivity contribution in [3.63, 3.8) is 0 Å². The van der Waals surface area contributed by atoms with Crippen molar-refractivity contribution < 1.29 is 0 Å².